The maximum atomic E-state index is 5.96. The van der Waals surface area contributed by atoms with Crippen molar-refractivity contribution in [3.63, 3.8) is 0 Å². The molecule has 0 amide bonds. The van der Waals surface area contributed by atoms with Crippen molar-refractivity contribution >= 4 is 19.0 Å². The standard InChI is InChI=1S/C15H21BN4/c1-20-11-14(16)15(19-20)12-6-5-7-13(10-12)18-9-4-2-3-8-17/h5-7,10-11,18H,2-4,8-9,17H2,1H3. The number of nitrogens with one attached hydrogen (secondary N) is 1. The number of anilines is 1. The minimum Gasteiger partial charge on any atom is -0.385 e. The molecule has 1 heterocycles. The van der Waals surface area contributed by atoms with Crippen LogP contribution in [0.3, 0.4) is 0 Å². The Morgan fingerprint density at radius 1 is 1.30 bits per heavy atom. The van der Waals surface area contributed by atoms with E-state index in [1.54, 1.807) is 4.68 Å². The number of hydrogen-bond acceptors (Lipinski definition) is 3. The molecular weight excluding hydrogens is 247 g/mol. The van der Waals surface area contributed by atoms with Gasteiger partial charge in [-0.05, 0) is 31.5 Å². The Morgan fingerprint density at radius 3 is 2.85 bits per heavy atom. The minimum atomic E-state index is 0.701. The first kappa shape index (κ1) is 14.7. The zero-order chi connectivity index (χ0) is 14.4. The number of nitrogens with two attached hydrogens (primary N) is 1. The van der Waals surface area contributed by atoms with Crippen LogP contribution in [0.2, 0.25) is 0 Å². The van der Waals surface area contributed by atoms with Gasteiger partial charge in [-0.2, -0.15) is 5.10 Å². The molecule has 2 rings (SSSR count). The average Bonchev–Trinajstić information content (AvgIpc) is 2.78. The predicted molar refractivity (Wildman–Crippen MR) is 85.4 cm³/mol. The summed E-state index contributed by atoms with van der Waals surface area (Å²) in [6.07, 6.45) is 5.21. The molecule has 4 nitrogen and oxygen atoms in total. The SMILES string of the molecule is [B]c1cn(C)nc1-c1cccc(NCCCCCN)c1. The molecule has 0 saturated carbocycles. The van der Waals surface area contributed by atoms with Gasteiger partial charge in [-0.15, -0.1) is 0 Å². The molecule has 2 radical (unpaired) electrons. The Kier molecular flexibility index (Phi) is 5.24. The van der Waals surface area contributed by atoms with Crippen LogP contribution in [-0.4, -0.2) is 30.7 Å². The van der Waals surface area contributed by atoms with Gasteiger partial charge in [-0.25, -0.2) is 0 Å². The monoisotopic (exact) mass is 268 g/mol. The molecule has 5 heteroatoms. The van der Waals surface area contributed by atoms with Gasteiger partial charge in [0.25, 0.3) is 0 Å². The van der Waals surface area contributed by atoms with Crippen molar-refractivity contribution in [3.8, 4) is 11.3 Å². The first-order valence-corrected chi connectivity index (χ1v) is 7.04. The van der Waals surface area contributed by atoms with Gasteiger partial charge in [-0.3, -0.25) is 4.68 Å². The van der Waals surface area contributed by atoms with Gasteiger partial charge >= 0.3 is 0 Å². The number of aryl methyl sites for hydroxylation is 1. The average molecular weight is 268 g/mol. The zero-order valence-corrected chi connectivity index (χ0v) is 12.0. The molecule has 0 aliphatic heterocycles. The van der Waals surface area contributed by atoms with E-state index in [4.69, 9.17) is 13.6 Å². The van der Waals surface area contributed by atoms with Crippen LogP contribution in [0.25, 0.3) is 11.3 Å². The quantitative estimate of drug-likeness (QED) is 0.590. The first-order chi connectivity index (χ1) is 9.70. The third-order valence-corrected chi connectivity index (χ3v) is 3.20. The van der Waals surface area contributed by atoms with Crippen molar-refractivity contribution in [2.75, 3.05) is 18.4 Å². The second kappa shape index (κ2) is 7.15. The molecule has 20 heavy (non-hydrogen) atoms. The highest BCUT2D eigenvalue weighted by molar-refractivity contribution is 6.35. The summed E-state index contributed by atoms with van der Waals surface area (Å²) in [7, 11) is 7.84. The van der Waals surface area contributed by atoms with Crippen LogP contribution in [0.15, 0.2) is 30.5 Å². The summed E-state index contributed by atoms with van der Waals surface area (Å²) in [6.45, 7) is 1.73. The molecule has 2 aromatic rings. The smallest absolute Gasteiger partial charge is 0.119 e. The van der Waals surface area contributed by atoms with Crippen molar-refractivity contribution in [2.24, 2.45) is 12.8 Å². The van der Waals surface area contributed by atoms with Gasteiger partial charge in [0.1, 0.15) is 7.85 Å². The van der Waals surface area contributed by atoms with E-state index >= 15 is 0 Å². The summed E-state index contributed by atoms with van der Waals surface area (Å²) in [5.41, 5.74) is 9.15. The Bertz CT molecular complexity index is 551. The van der Waals surface area contributed by atoms with E-state index < -0.39 is 0 Å². The number of aromatic nitrogens is 2. The van der Waals surface area contributed by atoms with E-state index in [2.05, 4.69) is 22.5 Å². The fourth-order valence-electron chi connectivity index (χ4n) is 2.19. The lowest BCUT2D eigenvalue weighted by Gasteiger charge is -2.08. The minimum absolute atomic E-state index is 0.701. The molecule has 0 saturated heterocycles. The third-order valence-electron chi connectivity index (χ3n) is 3.20. The van der Waals surface area contributed by atoms with E-state index in [0.29, 0.717) is 5.46 Å². The van der Waals surface area contributed by atoms with Crippen LogP contribution in [0, 0.1) is 0 Å². The molecule has 0 fully saturated rings. The zero-order valence-electron chi connectivity index (χ0n) is 12.0. The molecule has 1 aromatic heterocycles. The third kappa shape index (κ3) is 3.87. The summed E-state index contributed by atoms with van der Waals surface area (Å²) < 4.78 is 1.73. The van der Waals surface area contributed by atoms with E-state index in [1.165, 1.54) is 0 Å². The molecule has 104 valence electrons. The summed E-state index contributed by atoms with van der Waals surface area (Å²) in [5.74, 6) is 0. The van der Waals surface area contributed by atoms with Gasteiger partial charge in [0, 0.05) is 31.0 Å². The van der Waals surface area contributed by atoms with E-state index in [0.717, 1.165) is 49.3 Å². The number of unbranched alkanes of at least 4 members (excludes halogenated alkanes) is 2. The van der Waals surface area contributed by atoms with Crippen LogP contribution in [0.1, 0.15) is 19.3 Å². The summed E-state index contributed by atoms with van der Waals surface area (Å²) in [5, 5.41) is 7.82. The van der Waals surface area contributed by atoms with E-state index in [1.807, 2.05) is 25.4 Å². The largest absolute Gasteiger partial charge is 0.385 e. The molecule has 0 atom stereocenters. The number of nitrogens with zero attached hydrogens (tertiary/aromatic N) is 2. The Balaban J connectivity index is 1.99. The summed E-state index contributed by atoms with van der Waals surface area (Å²) >= 11 is 0. The van der Waals surface area contributed by atoms with Crippen molar-refractivity contribution in [3.05, 3.63) is 30.5 Å². The summed E-state index contributed by atoms with van der Waals surface area (Å²) in [4.78, 5) is 0. The van der Waals surface area contributed by atoms with Gasteiger partial charge in [0.05, 0.1) is 5.69 Å². The molecule has 0 aliphatic carbocycles. The number of hydrogen-bond donors (Lipinski definition) is 2. The normalized spacial score (nSPS) is 10.7. The number of benzene rings is 1. The predicted octanol–water partition coefficient (Wildman–Crippen LogP) is 1.42. The van der Waals surface area contributed by atoms with Gasteiger partial charge in [-0.1, -0.05) is 24.0 Å². The van der Waals surface area contributed by atoms with E-state index in [9.17, 15) is 0 Å². The van der Waals surface area contributed by atoms with Crippen molar-refractivity contribution in [1.82, 2.24) is 9.78 Å². The lowest BCUT2D eigenvalue weighted by molar-refractivity contribution is 0.707. The van der Waals surface area contributed by atoms with Crippen LogP contribution < -0.4 is 16.5 Å². The fraction of sp³-hybridized carbons (Fsp3) is 0.400. The van der Waals surface area contributed by atoms with E-state index in [-0.39, 0.29) is 0 Å². The highest BCUT2D eigenvalue weighted by Gasteiger charge is 2.06. The topological polar surface area (TPSA) is 55.9 Å². The molecule has 0 bridgehead atoms. The molecule has 1 aromatic carbocycles. The Hall–Kier alpha value is -1.75. The Morgan fingerprint density at radius 2 is 2.15 bits per heavy atom. The lowest BCUT2D eigenvalue weighted by Crippen LogP contribution is -2.05. The van der Waals surface area contributed by atoms with Crippen molar-refractivity contribution in [1.29, 1.82) is 0 Å². The molecule has 3 N–H and O–H groups in total. The molecular formula is C15H21BN4. The maximum absolute atomic E-state index is 5.96. The van der Waals surface area contributed by atoms with Crippen molar-refractivity contribution in [2.45, 2.75) is 19.3 Å². The summed E-state index contributed by atoms with van der Waals surface area (Å²) in [6, 6.07) is 8.19. The fourth-order valence-corrected chi connectivity index (χ4v) is 2.19. The first-order valence-electron chi connectivity index (χ1n) is 7.04. The van der Waals surface area contributed by atoms with Crippen LogP contribution >= 0.6 is 0 Å². The lowest BCUT2D eigenvalue weighted by atomic mass is 9.93. The van der Waals surface area contributed by atoms with Crippen LogP contribution in [-0.2, 0) is 7.05 Å². The molecule has 0 aliphatic rings. The Labute approximate surface area is 121 Å². The van der Waals surface area contributed by atoms with Gasteiger partial charge in [0.2, 0.25) is 0 Å². The molecule has 0 spiro atoms. The van der Waals surface area contributed by atoms with Crippen LogP contribution in [0.5, 0.6) is 0 Å². The van der Waals surface area contributed by atoms with Crippen molar-refractivity contribution < 1.29 is 0 Å². The highest BCUT2D eigenvalue weighted by atomic mass is 15.2. The second-order valence-corrected chi connectivity index (χ2v) is 4.96. The van der Waals surface area contributed by atoms with Gasteiger partial charge in [0.15, 0.2) is 0 Å². The van der Waals surface area contributed by atoms with Gasteiger partial charge < -0.3 is 11.1 Å². The highest BCUT2D eigenvalue weighted by Crippen LogP contribution is 2.19. The van der Waals surface area contributed by atoms with Crippen LogP contribution in [0.4, 0.5) is 5.69 Å². The molecule has 0 unspecified atom stereocenters. The second-order valence-electron chi connectivity index (χ2n) is 4.96. The number of rotatable bonds is 7. The maximum Gasteiger partial charge on any atom is 0.119 e.